The molecule has 0 unspecified atom stereocenters. The Bertz CT molecular complexity index is 1510. The lowest BCUT2D eigenvalue weighted by atomic mass is 10.0. The number of nitrogens with one attached hydrogen (secondary N) is 1. The fourth-order valence-electron chi connectivity index (χ4n) is 4.80. The summed E-state index contributed by atoms with van der Waals surface area (Å²) >= 11 is 0. The first-order valence-electron chi connectivity index (χ1n) is 12.4. The van der Waals surface area contributed by atoms with E-state index >= 15 is 0 Å². The van der Waals surface area contributed by atoms with Crippen LogP contribution in [-0.4, -0.2) is 71.1 Å². The Morgan fingerprint density at radius 3 is 2.39 bits per heavy atom. The first-order valence-corrected chi connectivity index (χ1v) is 12.4. The van der Waals surface area contributed by atoms with E-state index in [2.05, 4.69) is 32.2 Å². The second-order valence-corrected chi connectivity index (χ2v) is 9.37. The summed E-state index contributed by atoms with van der Waals surface area (Å²) in [7, 11) is 3.92. The van der Waals surface area contributed by atoms with Crippen molar-refractivity contribution in [3.63, 3.8) is 0 Å². The number of nitrogens with zero attached hydrogens (tertiary/aromatic N) is 6. The number of piperazine rings is 1. The van der Waals surface area contributed by atoms with Gasteiger partial charge in [-0.05, 0) is 26.1 Å². The Morgan fingerprint density at radius 1 is 0.974 bits per heavy atom. The van der Waals surface area contributed by atoms with Gasteiger partial charge >= 0.3 is 6.03 Å². The standard InChI is InChI=1S/C28H29N7O3/c1-19-24-25(34-14-12-32(2)13-15-34)23(17-29-27(24)33(3)31-19)30-28(38)35(18-36)22-11-7-10-21(16-22)26(37)20-8-5-4-6-9-20/h4-11,16-18H,12-15H2,1-3H3,(H,30,38). The van der Waals surface area contributed by atoms with Gasteiger partial charge in [-0.15, -0.1) is 0 Å². The lowest BCUT2D eigenvalue weighted by Crippen LogP contribution is -2.45. The summed E-state index contributed by atoms with van der Waals surface area (Å²) in [6.45, 7) is 5.21. The average Bonchev–Trinajstić information content (AvgIpc) is 3.22. The molecule has 10 nitrogen and oxygen atoms in total. The molecule has 0 bridgehead atoms. The van der Waals surface area contributed by atoms with Crippen LogP contribution in [-0.2, 0) is 11.8 Å². The molecule has 38 heavy (non-hydrogen) atoms. The highest BCUT2D eigenvalue weighted by Crippen LogP contribution is 2.36. The zero-order chi connectivity index (χ0) is 26.8. The van der Waals surface area contributed by atoms with Crippen LogP contribution in [0.2, 0.25) is 0 Å². The number of pyridine rings is 1. The SMILES string of the molecule is Cc1nn(C)c2ncc(NC(=O)N(C=O)c3cccc(C(=O)c4ccccc4)c3)c(N3CCN(C)CC3)c12. The lowest BCUT2D eigenvalue weighted by Gasteiger charge is -2.35. The van der Waals surface area contributed by atoms with Gasteiger partial charge in [-0.3, -0.25) is 14.3 Å². The van der Waals surface area contributed by atoms with Crippen LogP contribution in [0.3, 0.4) is 0 Å². The van der Waals surface area contributed by atoms with Gasteiger partial charge in [-0.1, -0.05) is 42.5 Å². The van der Waals surface area contributed by atoms with Crippen molar-refractivity contribution in [3.8, 4) is 0 Å². The third kappa shape index (κ3) is 4.73. The minimum atomic E-state index is -0.651. The van der Waals surface area contributed by atoms with Gasteiger partial charge in [0.1, 0.15) is 0 Å². The summed E-state index contributed by atoms with van der Waals surface area (Å²) in [6.07, 6.45) is 2.05. The molecule has 2 aromatic carbocycles. The smallest absolute Gasteiger partial charge is 0.333 e. The van der Waals surface area contributed by atoms with E-state index in [4.69, 9.17) is 0 Å². The molecule has 0 aliphatic carbocycles. The molecule has 3 heterocycles. The number of hydrogen-bond acceptors (Lipinski definition) is 7. The maximum Gasteiger partial charge on any atom is 0.333 e. The zero-order valence-corrected chi connectivity index (χ0v) is 21.6. The molecule has 1 aliphatic heterocycles. The minimum absolute atomic E-state index is 0.197. The Balaban J connectivity index is 1.48. The number of rotatable bonds is 6. The third-order valence-electron chi connectivity index (χ3n) is 6.81. The van der Waals surface area contributed by atoms with Crippen LogP contribution < -0.4 is 15.1 Å². The van der Waals surface area contributed by atoms with Crippen molar-refractivity contribution in [2.45, 2.75) is 6.92 Å². The van der Waals surface area contributed by atoms with Crippen molar-refractivity contribution in [1.82, 2.24) is 19.7 Å². The Hall–Kier alpha value is -4.57. The predicted molar refractivity (Wildman–Crippen MR) is 147 cm³/mol. The predicted octanol–water partition coefficient (Wildman–Crippen LogP) is 3.45. The maximum atomic E-state index is 13.4. The Morgan fingerprint density at radius 2 is 1.68 bits per heavy atom. The van der Waals surface area contributed by atoms with Gasteiger partial charge in [0, 0.05) is 44.4 Å². The summed E-state index contributed by atoms with van der Waals surface area (Å²) in [5.41, 5.74) is 4.03. The van der Waals surface area contributed by atoms with Gasteiger partial charge in [-0.2, -0.15) is 5.10 Å². The second-order valence-electron chi connectivity index (χ2n) is 9.37. The molecule has 4 aromatic rings. The van der Waals surface area contributed by atoms with E-state index in [0.29, 0.717) is 28.9 Å². The summed E-state index contributed by atoms with van der Waals surface area (Å²) in [5.74, 6) is -0.197. The molecule has 0 saturated carbocycles. The molecular formula is C28H29N7O3. The van der Waals surface area contributed by atoms with E-state index in [1.807, 2.05) is 20.0 Å². The van der Waals surface area contributed by atoms with E-state index in [-0.39, 0.29) is 11.5 Å². The number of carbonyl (C=O) groups is 3. The molecule has 2 aromatic heterocycles. The summed E-state index contributed by atoms with van der Waals surface area (Å²) in [5, 5.41) is 8.29. The number of aryl methyl sites for hydroxylation is 2. The molecule has 1 N–H and O–H groups in total. The average molecular weight is 512 g/mol. The van der Waals surface area contributed by atoms with Gasteiger partial charge in [-0.25, -0.2) is 14.7 Å². The molecule has 3 amide bonds. The normalized spacial score (nSPS) is 13.9. The molecule has 1 aliphatic rings. The van der Waals surface area contributed by atoms with E-state index in [0.717, 1.165) is 47.8 Å². The molecular weight excluding hydrogens is 482 g/mol. The maximum absolute atomic E-state index is 13.4. The first kappa shape index (κ1) is 25.1. The van der Waals surface area contributed by atoms with Crippen LogP contribution in [0.15, 0.2) is 60.8 Å². The van der Waals surface area contributed by atoms with Gasteiger partial charge < -0.3 is 15.1 Å². The first-order chi connectivity index (χ1) is 18.4. The summed E-state index contributed by atoms with van der Waals surface area (Å²) in [6, 6.07) is 14.7. The number of likely N-dealkylation sites (N-methyl/N-ethyl adjacent to an activating group) is 1. The van der Waals surface area contributed by atoms with Crippen molar-refractivity contribution in [1.29, 1.82) is 0 Å². The topological polar surface area (TPSA) is 104 Å². The second kappa shape index (κ2) is 10.4. The van der Waals surface area contributed by atoms with Crippen LogP contribution in [0.1, 0.15) is 21.6 Å². The highest BCUT2D eigenvalue weighted by Gasteiger charge is 2.26. The molecule has 0 atom stereocenters. The van der Waals surface area contributed by atoms with Gasteiger partial charge in [0.05, 0.1) is 34.3 Å². The van der Waals surface area contributed by atoms with Crippen molar-refractivity contribution in [3.05, 3.63) is 77.6 Å². The number of benzene rings is 2. The van der Waals surface area contributed by atoms with E-state index in [1.54, 1.807) is 53.3 Å². The molecule has 5 rings (SSSR count). The number of urea groups is 1. The van der Waals surface area contributed by atoms with Crippen molar-refractivity contribution in [2.75, 3.05) is 48.3 Å². The van der Waals surface area contributed by atoms with Crippen LogP contribution in [0.5, 0.6) is 0 Å². The van der Waals surface area contributed by atoms with Crippen LogP contribution in [0, 0.1) is 6.92 Å². The highest BCUT2D eigenvalue weighted by atomic mass is 16.2. The molecule has 0 spiro atoms. The number of fused-ring (bicyclic) bond motifs is 1. The van der Waals surface area contributed by atoms with Crippen LogP contribution in [0.25, 0.3) is 11.0 Å². The number of aromatic nitrogens is 3. The fourth-order valence-corrected chi connectivity index (χ4v) is 4.80. The third-order valence-corrected chi connectivity index (χ3v) is 6.81. The van der Waals surface area contributed by atoms with E-state index in [1.165, 1.54) is 6.07 Å². The summed E-state index contributed by atoms with van der Waals surface area (Å²) < 4.78 is 1.73. The molecule has 0 radical (unpaired) electrons. The number of imide groups is 1. The monoisotopic (exact) mass is 511 g/mol. The van der Waals surface area contributed by atoms with Crippen LogP contribution in [0.4, 0.5) is 21.9 Å². The lowest BCUT2D eigenvalue weighted by molar-refractivity contribution is -0.106. The number of hydrogen-bond donors (Lipinski definition) is 1. The Labute approximate surface area is 220 Å². The van der Waals surface area contributed by atoms with Crippen molar-refractivity contribution < 1.29 is 14.4 Å². The van der Waals surface area contributed by atoms with E-state index < -0.39 is 6.03 Å². The Kier molecular flexibility index (Phi) is 6.89. The number of anilines is 3. The highest BCUT2D eigenvalue weighted by molar-refractivity contribution is 6.15. The molecule has 194 valence electrons. The number of amides is 3. The fraction of sp³-hybridized carbons (Fsp3) is 0.250. The summed E-state index contributed by atoms with van der Waals surface area (Å²) in [4.78, 5) is 48.5. The molecule has 1 fully saturated rings. The van der Waals surface area contributed by atoms with E-state index in [9.17, 15) is 14.4 Å². The number of ketones is 1. The quantitative estimate of drug-likeness (QED) is 0.312. The van der Waals surface area contributed by atoms with Crippen molar-refractivity contribution in [2.24, 2.45) is 7.05 Å². The largest absolute Gasteiger partial charge is 0.367 e. The minimum Gasteiger partial charge on any atom is -0.367 e. The van der Waals surface area contributed by atoms with Gasteiger partial charge in [0.15, 0.2) is 11.4 Å². The van der Waals surface area contributed by atoms with Crippen molar-refractivity contribution >= 4 is 46.3 Å². The number of carbonyl (C=O) groups excluding carboxylic acids is 3. The molecule has 1 saturated heterocycles. The molecule has 10 heteroatoms. The van der Waals surface area contributed by atoms with Gasteiger partial charge in [0.2, 0.25) is 6.41 Å². The van der Waals surface area contributed by atoms with Gasteiger partial charge in [0.25, 0.3) is 0 Å². The zero-order valence-electron chi connectivity index (χ0n) is 21.6. The van der Waals surface area contributed by atoms with Crippen LogP contribution >= 0.6 is 0 Å².